The van der Waals surface area contributed by atoms with E-state index in [1.165, 1.54) is 31.3 Å². The molecule has 0 radical (unpaired) electrons. The molecule has 0 N–H and O–H groups in total. The molecule has 10 rings (SSSR count). The zero-order chi connectivity index (χ0) is 30.2. The Kier molecular flexibility index (Phi) is 5.45. The number of para-hydroxylation sites is 2. The number of fused-ring (bicyclic) bond motifs is 9. The fourth-order valence-electron chi connectivity index (χ4n) is 7.12. The van der Waals surface area contributed by atoms with Crippen molar-refractivity contribution in [2.45, 2.75) is 0 Å². The highest BCUT2D eigenvalue weighted by molar-refractivity contribution is 7.26. The van der Waals surface area contributed by atoms with Crippen molar-refractivity contribution in [2.24, 2.45) is 0 Å². The standard InChI is InChI=1S/C42H25NO2S/c1-2-12-26(13-3-1)27-24-25-33(42-39(27)30-16-6-9-23-38(30)46-42)43(31-17-10-21-36-40(31)28-14-4-7-19-34(28)44-36)32-18-11-22-37-41(32)29-15-5-8-20-35(29)45-37/h1-25H. The third-order valence-corrected chi connectivity index (χ3v) is 10.3. The fraction of sp³-hybridized carbons (Fsp3) is 0. The average molecular weight is 608 g/mol. The van der Waals surface area contributed by atoms with Gasteiger partial charge in [-0.25, -0.2) is 0 Å². The lowest BCUT2D eigenvalue weighted by Gasteiger charge is -2.28. The summed E-state index contributed by atoms with van der Waals surface area (Å²) in [5.74, 6) is 0. The molecular formula is C42H25NO2S. The van der Waals surface area contributed by atoms with E-state index in [-0.39, 0.29) is 0 Å². The van der Waals surface area contributed by atoms with Crippen LogP contribution in [0.5, 0.6) is 0 Å². The highest BCUT2D eigenvalue weighted by atomic mass is 32.1. The quantitative estimate of drug-likeness (QED) is 0.199. The molecule has 0 amide bonds. The van der Waals surface area contributed by atoms with Crippen LogP contribution in [0.2, 0.25) is 0 Å². The third-order valence-electron chi connectivity index (χ3n) is 9.07. The number of anilines is 3. The predicted octanol–water partition coefficient (Wildman–Crippen LogP) is 13.0. The molecule has 0 spiro atoms. The van der Waals surface area contributed by atoms with E-state index >= 15 is 0 Å². The van der Waals surface area contributed by atoms with Crippen molar-refractivity contribution < 1.29 is 8.83 Å². The van der Waals surface area contributed by atoms with Crippen molar-refractivity contribution >= 4 is 92.4 Å². The zero-order valence-electron chi connectivity index (χ0n) is 24.6. The maximum absolute atomic E-state index is 6.43. The molecule has 0 fully saturated rings. The summed E-state index contributed by atoms with van der Waals surface area (Å²) in [6.45, 7) is 0. The highest BCUT2D eigenvalue weighted by Gasteiger charge is 2.26. The molecule has 0 bridgehead atoms. The van der Waals surface area contributed by atoms with Gasteiger partial charge in [-0.05, 0) is 59.7 Å². The van der Waals surface area contributed by atoms with Crippen LogP contribution in [0.15, 0.2) is 160 Å². The van der Waals surface area contributed by atoms with Crippen LogP contribution >= 0.6 is 11.3 Å². The van der Waals surface area contributed by atoms with Crippen molar-refractivity contribution in [1.82, 2.24) is 0 Å². The molecular weight excluding hydrogens is 583 g/mol. The first-order valence-corrected chi connectivity index (χ1v) is 16.3. The van der Waals surface area contributed by atoms with Gasteiger partial charge >= 0.3 is 0 Å². The number of hydrogen-bond acceptors (Lipinski definition) is 4. The van der Waals surface area contributed by atoms with Gasteiger partial charge in [0.05, 0.1) is 32.5 Å². The van der Waals surface area contributed by atoms with Gasteiger partial charge in [-0.2, -0.15) is 0 Å². The van der Waals surface area contributed by atoms with E-state index in [4.69, 9.17) is 8.83 Å². The Balaban J connectivity index is 1.38. The molecule has 7 aromatic carbocycles. The van der Waals surface area contributed by atoms with Crippen LogP contribution in [-0.4, -0.2) is 0 Å². The summed E-state index contributed by atoms with van der Waals surface area (Å²) in [7, 11) is 0. The van der Waals surface area contributed by atoms with Gasteiger partial charge in [-0.3, -0.25) is 0 Å². The first kappa shape index (κ1) is 25.5. The smallest absolute Gasteiger partial charge is 0.137 e. The summed E-state index contributed by atoms with van der Waals surface area (Å²) in [6, 6.07) is 53.5. The van der Waals surface area contributed by atoms with Gasteiger partial charge in [0.25, 0.3) is 0 Å². The molecule has 0 unspecified atom stereocenters. The summed E-state index contributed by atoms with van der Waals surface area (Å²) in [5.41, 5.74) is 9.16. The Morgan fingerprint density at radius 1 is 0.391 bits per heavy atom. The normalized spacial score (nSPS) is 11.9. The minimum Gasteiger partial charge on any atom is -0.456 e. The fourth-order valence-corrected chi connectivity index (χ4v) is 8.36. The monoisotopic (exact) mass is 607 g/mol. The molecule has 3 nitrogen and oxygen atoms in total. The van der Waals surface area contributed by atoms with Gasteiger partial charge in [0.15, 0.2) is 0 Å². The van der Waals surface area contributed by atoms with Gasteiger partial charge in [-0.15, -0.1) is 11.3 Å². The molecule has 3 heterocycles. The van der Waals surface area contributed by atoms with Gasteiger partial charge in [-0.1, -0.05) is 103 Å². The number of thiophene rings is 1. The van der Waals surface area contributed by atoms with E-state index < -0.39 is 0 Å². The van der Waals surface area contributed by atoms with Crippen LogP contribution in [0, 0.1) is 0 Å². The molecule has 0 aliphatic rings. The van der Waals surface area contributed by atoms with Crippen molar-refractivity contribution in [1.29, 1.82) is 0 Å². The Hall–Kier alpha value is -5.84. The molecule has 0 saturated carbocycles. The van der Waals surface area contributed by atoms with Gasteiger partial charge in [0.1, 0.15) is 22.3 Å². The van der Waals surface area contributed by atoms with Gasteiger partial charge in [0.2, 0.25) is 0 Å². The summed E-state index contributed by atoms with van der Waals surface area (Å²) in [5, 5.41) is 6.89. The largest absolute Gasteiger partial charge is 0.456 e. The van der Waals surface area contributed by atoms with E-state index in [9.17, 15) is 0 Å². The molecule has 0 aliphatic carbocycles. The van der Waals surface area contributed by atoms with E-state index in [0.29, 0.717) is 0 Å². The summed E-state index contributed by atoms with van der Waals surface area (Å²) >= 11 is 1.85. The number of rotatable bonds is 4. The van der Waals surface area contributed by atoms with Gasteiger partial charge in [0, 0.05) is 26.2 Å². The van der Waals surface area contributed by atoms with Crippen LogP contribution in [0.1, 0.15) is 0 Å². The molecule has 4 heteroatoms. The first-order chi connectivity index (χ1) is 22.8. The van der Waals surface area contributed by atoms with Crippen LogP contribution in [0.4, 0.5) is 17.1 Å². The molecule has 0 aliphatic heterocycles. The lowest BCUT2D eigenvalue weighted by molar-refractivity contribution is 0.668. The van der Waals surface area contributed by atoms with Crippen molar-refractivity contribution in [3.05, 3.63) is 152 Å². The van der Waals surface area contributed by atoms with Crippen LogP contribution in [-0.2, 0) is 0 Å². The lowest BCUT2D eigenvalue weighted by Crippen LogP contribution is -2.11. The molecule has 10 aromatic rings. The van der Waals surface area contributed by atoms with E-state index in [0.717, 1.165) is 60.9 Å². The molecule has 0 saturated heterocycles. The number of benzene rings is 7. The van der Waals surface area contributed by atoms with E-state index in [2.05, 4.69) is 132 Å². The maximum Gasteiger partial charge on any atom is 0.137 e. The van der Waals surface area contributed by atoms with Crippen molar-refractivity contribution in [2.75, 3.05) is 4.90 Å². The Morgan fingerprint density at radius 3 is 1.59 bits per heavy atom. The van der Waals surface area contributed by atoms with Crippen LogP contribution in [0.3, 0.4) is 0 Å². The van der Waals surface area contributed by atoms with E-state index in [1.54, 1.807) is 0 Å². The Bertz CT molecular complexity index is 2650. The van der Waals surface area contributed by atoms with Gasteiger partial charge < -0.3 is 13.7 Å². The van der Waals surface area contributed by atoms with Crippen molar-refractivity contribution in [3.63, 3.8) is 0 Å². The second-order valence-corrected chi connectivity index (χ2v) is 12.7. The summed E-state index contributed by atoms with van der Waals surface area (Å²) < 4.78 is 15.4. The maximum atomic E-state index is 6.43. The first-order valence-electron chi connectivity index (χ1n) is 15.4. The molecule has 216 valence electrons. The number of hydrogen-bond donors (Lipinski definition) is 0. The summed E-state index contributed by atoms with van der Waals surface area (Å²) in [6.07, 6.45) is 0. The highest BCUT2D eigenvalue weighted by Crippen LogP contribution is 2.52. The second kappa shape index (κ2) is 9.83. The van der Waals surface area contributed by atoms with E-state index in [1.807, 2.05) is 35.6 Å². The molecule has 0 atom stereocenters. The third kappa shape index (κ3) is 3.65. The molecule has 46 heavy (non-hydrogen) atoms. The minimum atomic E-state index is 0.862. The number of furan rings is 2. The zero-order valence-corrected chi connectivity index (χ0v) is 25.4. The second-order valence-electron chi connectivity index (χ2n) is 11.6. The van der Waals surface area contributed by atoms with Crippen LogP contribution in [0.25, 0.3) is 75.2 Å². The number of nitrogens with zero attached hydrogens (tertiary/aromatic N) is 1. The SMILES string of the molecule is c1ccc(-c2ccc(N(c3cccc4oc5ccccc5c34)c3cccc4oc5ccccc5c34)c3sc4ccccc4c23)cc1. The Morgan fingerprint density at radius 2 is 0.935 bits per heavy atom. The molecule has 3 aromatic heterocycles. The minimum absolute atomic E-state index is 0.862. The Labute approximate surface area is 268 Å². The van der Waals surface area contributed by atoms with Crippen LogP contribution < -0.4 is 4.90 Å². The van der Waals surface area contributed by atoms with Crippen molar-refractivity contribution in [3.8, 4) is 11.1 Å². The topological polar surface area (TPSA) is 29.5 Å². The lowest BCUT2D eigenvalue weighted by atomic mass is 9.97. The summed E-state index contributed by atoms with van der Waals surface area (Å²) in [4.78, 5) is 2.43. The predicted molar refractivity (Wildman–Crippen MR) is 194 cm³/mol. The average Bonchev–Trinajstić information content (AvgIpc) is 3.81.